The summed E-state index contributed by atoms with van der Waals surface area (Å²) < 4.78 is 0. The predicted molar refractivity (Wildman–Crippen MR) is 81.3 cm³/mol. The summed E-state index contributed by atoms with van der Waals surface area (Å²) in [5.41, 5.74) is 1.98. The van der Waals surface area contributed by atoms with Gasteiger partial charge in [0.2, 0.25) is 5.91 Å². The number of hydrogen-bond donors (Lipinski definition) is 1. The van der Waals surface area contributed by atoms with Crippen LogP contribution in [-0.2, 0) is 10.5 Å². The molecule has 1 aromatic rings. The molecule has 0 fully saturated rings. The van der Waals surface area contributed by atoms with Gasteiger partial charge >= 0.3 is 0 Å². The Hall–Kier alpha value is -1.00. The Morgan fingerprint density at radius 1 is 1.32 bits per heavy atom. The number of hydrogen-bond acceptors (Lipinski definition) is 3. The first-order valence-corrected chi connectivity index (χ1v) is 7.53. The molecule has 0 unspecified atom stereocenters. The number of amides is 1. The molecule has 0 aliphatic heterocycles. The Morgan fingerprint density at radius 2 is 1.89 bits per heavy atom. The summed E-state index contributed by atoms with van der Waals surface area (Å²) >= 11 is 1.60. The topological polar surface area (TPSA) is 40.5 Å². The third kappa shape index (κ3) is 4.88. The van der Waals surface area contributed by atoms with E-state index in [-0.39, 0.29) is 12.5 Å². The molecule has 106 valence electrons. The summed E-state index contributed by atoms with van der Waals surface area (Å²) in [5.74, 6) is 1.32. The van der Waals surface area contributed by atoms with Gasteiger partial charge in [-0.05, 0) is 26.3 Å². The molecular weight excluding hydrogens is 258 g/mol. The summed E-state index contributed by atoms with van der Waals surface area (Å²) in [6.07, 6.45) is 0. The lowest BCUT2D eigenvalue weighted by molar-refractivity contribution is -0.133. The van der Waals surface area contributed by atoms with Crippen LogP contribution in [0.15, 0.2) is 24.3 Å². The van der Waals surface area contributed by atoms with E-state index in [4.69, 9.17) is 0 Å². The smallest absolute Gasteiger partial charge is 0.232 e. The Kier molecular flexibility index (Phi) is 5.88. The summed E-state index contributed by atoms with van der Waals surface area (Å²) in [7, 11) is 1.74. The van der Waals surface area contributed by atoms with Crippen LogP contribution in [0.4, 0.5) is 0 Å². The molecule has 19 heavy (non-hydrogen) atoms. The average Bonchev–Trinajstić information content (AvgIpc) is 2.40. The van der Waals surface area contributed by atoms with Gasteiger partial charge in [0, 0.05) is 12.8 Å². The minimum atomic E-state index is -0.499. The van der Waals surface area contributed by atoms with E-state index in [1.165, 1.54) is 11.1 Å². The maximum Gasteiger partial charge on any atom is 0.232 e. The molecule has 0 atom stereocenters. The lowest BCUT2D eigenvalue weighted by atomic mass is 10.1. The van der Waals surface area contributed by atoms with E-state index in [0.29, 0.717) is 5.75 Å². The fraction of sp³-hybridized carbons (Fsp3) is 0.533. The molecule has 0 aromatic heterocycles. The van der Waals surface area contributed by atoms with Crippen LogP contribution in [0.1, 0.15) is 25.0 Å². The molecule has 0 bridgehead atoms. The number of aliphatic hydroxyl groups excluding tert-OH is 1. The van der Waals surface area contributed by atoms with E-state index in [1.54, 1.807) is 23.7 Å². The zero-order chi connectivity index (χ0) is 14.5. The second-order valence-corrected chi connectivity index (χ2v) is 6.39. The molecule has 1 aromatic carbocycles. The van der Waals surface area contributed by atoms with Gasteiger partial charge in [0.05, 0.1) is 17.9 Å². The van der Waals surface area contributed by atoms with Crippen molar-refractivity contribution in [2.24, 2.45) is 0 Å². The predicted octanol–water partition coefficient (Wildman–Crippen LogP) is 2.46. The minimum Gasteiger partial charge on any atom is -0.394 e. The van der Waals surface area contributed by atoms with Crippen molar-refractivity contribution in [3.63, 3.8) is 0 Å². The molecule has 0 saturated heterocycles. The lowest BCUT2D eigenvalue weighted by Gasteiger charge is -2.33. The van der Waals surface area contributed by atoms with E-state index < -0.39 is 5.54 Å². The second-order valence-electron chi connectivity index (χ2n) is 5.40. The van der Waals surface area contributed by atoms with Crippen LogP contribution >= 0.6 is 11.8 Å². The largest absolute Gasteiger partial charge is 0.394 e. The number of rotatable bonds is 6. The normalized spacial score (nSPS) is 11.4. The van der Waals surface area contributed by atoms with E-state index in [1.807, 2.05) is 13.8 Å². The summed E-state index contributed by atoms with van der Waals surface area (Å²) in [4.78, 5) is 13.6. The first-order chi connectivity index (χ1) is 8.86. The van der Waals surface area contributed by atoms with Crippen LogP contribution in [-0.4, -0.2) is 40.9 Å². The molecule has 0 spiro atoms. The molecule has 0 radical (unpaired) electrons. The van der Waals surface area contributed by atoms with Gasteiger partial charge in [-0.1, -0.05) is 29.8 Å². The van der Waals surface area contributed by atoms with Crippen molar-refractivity contribution in [2.45, 2.75) is 32.1 Å². The maximum absolute atomic E-state index is 12.0. The van der Waals surface area contributed by atoms with E-state index >= 15 is 0 Å². The van der Waals surface area contributed by atoms with Gasteiger partial charge in [-0.25, -0.2) is 0 Å². The summed E-state index contributed by atoms with van der Waals surface area (Å²) in [5, 5.41) is 9.24. The Morgan fingerprint density at radius 3 is 2.42 bits per heavy atom. The van der Waals surface area contributed by atoms with Crippen LogP contribution in [0.5, 0.6) is 0 Å². The number of benzene rings is 1. The van der Waals surface area contributed by atoms with Gasteiger partial charge in [0.1, 0.15) is 0 Å². The quantitative estimate of drug-likeness (QED) is 0.871. The number of thioether (sulfide) groups is 1. The van der Waals surface area contributed by atoms with Crippen LogP contribution < -0.4 is 0 Å². The molecule has 1 rings (SSSR count). The highest BCUT2D eigenvalue weighted by molar-refractivity contribution is 7.99. The molecule has 1 N–H and O–H groups in total. The molecule has 0 aliphatic rings. The highest BCUT2D eigenvalue weighted by Gasteiger charge is 2.26. The van der Waals surface area contributed by atoms with Crippen molar-refractivity contribution in [2.75, 3.05) is 19.4 Å². The SMILES string of the molecule is Cc1ccc(CSCC(=O)N(C)C(C)(C)CO)cc1. The van der Waals surface area contributed by atoms with Crippen LogP contribution in [0.25, 0.3) is 0 Å². The molecule has 1 amide bonds. The zero-order valence-corrected chi connectivity index (χ0v) is 13.0. The Bertz CT molecular complexity index is 415. The van der Waals surface area contributed by atoms with Crippen LogP contribution in [0.3, 0.4) is 0 Å². The fourth-order valence-electron chi connectivity index (χ4n) is 1.48. The molecule has 3 nitrogen and oxygen atoms in total. The van der Waals surface area contributed by atoms with Gasteiger partial charge < -0.3 is 10.0 Å². The number of aliphatic hydroxyl groups is 1. The molecule has 0 saturated carbocycles. The first-order valence-electron chi connectivity index (χ1n) is 6.37. The lowest BCUT2D eigenvalue weighted by Crippen LogP contribution is -2.48. The van der Waals surface area contributed by atoms with Crippen LogP contribution in [0, 0.1) is 6.92 Å². The number of carbonyl (C=O) groups excluding carboxylic acids is 1. The van der Waals surface area contributed by atoms with Gasteiger partial charge in [0.15, 0.2) is 0 Å². The zero-order valence-electron chi connectivity index (χ0n) is 12.1. The number of carbonyl (C=O) groups is 1. The maximum atomic E-state index is 12.0. The van der Waals surface area contributed by atoms with Gasteiger partial charge in [-0.3, -0.25) is 4.79 Å². The van der Waals surface area contributed by atoms with Gasteiger partial charge in [-0.2, -0.15) is 0 Å². The molecule has 4 heteroatoms. The van der Waals surface area contributed by atoms with Crippen molar-refractivity contribution in [3.05, 3.63) is 35.4 Å². The summed E-state index contributed by atoms with van der Waals surface area (Å²) in [6, 6.07) is 8.35. The standard InChI is InChI=1S/C15H23NO2S/c1-12-5-7-13(8-6-12)9-19-10-14(18)16(4)15(2,3)11-17/h5-8,17H,9-11H2,1-4H3. The minimum absolute atomic E-state index is 0.0299. The first kappa shape index (κ1) is 16.1. The van der Waals surface area contributed by atoms with Crippen molar-refractivity contribution < 1.29 is 9.90 Å². The van der Waals surface area contributed by atoms with Gasteiger partial charge in [-0.15, -0.1) is 11.8 Å². The third-order valence-electron chi connectivity index (χ3n) is 3.28. The van der Waals surface area contributed by atoms with Crippen LogP contribution in [0.2, 0.25) is 0 Å². The Balaban J connectivity index is 2.41. The molecular formula is C15H23NO2S. The third-order valence-corrected chi connectivity index (χ3v) is 4.27. The van der Waals surface area contributed by atoms with Gasteiger partial charge in [0.25, 0.3) is 0 Å². The highest BCUT2D eigenvalue weighted by atomic mass is 32.2. The Labute approximate surface area is 120 Å². The number of nitrogens with zero attached hydrogens (tertiary/aromatic N) is 1. The van der Waals surface area contributed by atoms with Crippen molar-refractivity contribution in [1.82, 2.24) is 4.90 Å². The second kappa shape index (κ2) is 6.96. The number of aryl methyl sites for hydroxylation is 1. The van der Waals surface area contributed by atoms with E-state index in [0.717, 1.165) is 5.75 Å². The van der Waals surface area contributed by atoms with Crippen molar-refractivity contribution in [3.8, 4) is 0 Å². The van der Waals surface area contributed by atoms with Crippen molar-refractivity contribution in [1.29, 1.82) is 0 Å². The van der Waals surface area contributed by atoms with Crippen molar-refractivity contribution >= 4 is 17.7 Å². The van der Waals surface area contributed by atoms with E-state index in [9.17, 15) is 9.90 Å². The molecule has 0 aliphatic carbocycles. The average molecular weight is 281 g/mol. The van der Waals surface area contributed by atoms with E-state index in [2.05, 4.69) is 31.2 Å². The monoisotopic (exact) mass is 281 g/mol. The summed E-state index contributed by atoms with van der Waals surface area (Å²) in [6.45, 7) is 5.75. The molecule has 0 heterocycles. The fourth-order valence-corrected chi connectivity index (χ4v) is 2.38. The number of likely N-dealkylation sites (N-methyl/N-ethyl adjacent to an activating group) is 1. The highest BCUT2D eigenvalue weighted by Crippen LogP contribution is 2.16.